The number of ether oxygens (including phenoxy) is 1. The number of carboxylic acid groups (broad SMARTS) is 1. The number of benzene rings is 2. The number of carboxylic acids is 1. The average molecular weight is 463 g/mol. The number of rotatable bonds is 6. The molecular weight excluding hydrogens is 432 g/mol. The second kappa shape index (κ2) is 9.12. The quantitative estimate of drug-likeness (QED) is 0.676. The van der Waals surface area contributed by atoms with Gasteiger partial charge in [-0.05, 0) is 54.4 Å². The van der Waals surface area contributed by atoms with E-state index in [1.54, 1.807) is 11.9 Å². The van der Waals surface area contributed by atoms with Gasteiger partial charge >= 0.3 is 12.1 Å². The Labute approximate surface area is 199 Å². The minimum absolute atomic E-state index is 0.00254. The molecule has 7 nitrogen and oxygen atoms in total. The predicted molar refractivity (Wildman–Crippen MR) is 126 cm³/mol. The van der Waals surface area contributed by atoms with Crippen LogP contribution in [0.25, 0.3) is 11.1 Å². The van der Waals surface area contributed by atoms with Crippen LogP contribution < -0.4 is 5.32 Å². The summed E-state index contributed by atoms with van der Waals surface area (Å²) in [7, 11) is 1.76. The summed E-state index contributed by atoms with van der Waals surface area (Å²) in [5, 5.41) is 12.0. The van der Waals surface area contributed by atoms with Gasteiger partial charge in [-0.2, -0.15) is 0 Å². The minimum Gasteiger partial charge on any atom is -0.481 e. The van der Waals surface area contributed by atoms with Gasteiger partial charge in [0.05, 0.1) is 5.92 Å². The van der Waals surface area contributed by atoms with E-state index in [1.165, 1.54) is 22.3 Å². The standard InChI is InChI=1S/C27H30N2O5/c1-29(19-13-17(14-19)26(31)32)25(30)16-10-11-18(12-16)28-27(33)34-15-24-22-8-4-2-6-20(22)21-7-3-5-9-23(21)24/h2-9,16-19,24H,10-15H2,1H3,(H,28,33)(H,31,32)/t16-,17?,18+,19?/m1/s1. The van der Waals surface area contributed by atoms with Crippen LogP contribution in [-0.4, -0.2) is 53.7 Å². The lowest BCUT2D eigenvalue weighted by atomic mass is 9.79. The number of aliphatic carboxylic acids is 1. The number of nitrogens with zero attached hydrogens (tertiary/aromatic N) is 1. The maximum Gasteiger partial charge on any atom is 0.407 e. The number of fused-ring (bicyclic) bond motifs is 3. The van der Waals surface area contributed by atoms with Crippen LogP contribution in [0.15, 0.2) is 48.5 Å². The summed E-state index contributed by atoms with van der Waals surface area (Å²) in [6, 6.07) is 16.4. The molecule has 0 spiro atoms. The maximum absolute atomic E-state index is 12.9. The Balaban J connectivity index is 1.12. The minimum atomic E-state index is -0.787. The Morgan fingerprint density at radius 1 is 0.941 bits per heavy atom. The molecule has 2 aromatic carbocycles. The van der Waals surface area contributed by atoms with Crippen LogP contribution >= 0.6 is 0 Å². The molecule has 0 bridgehead atoms. The largest absolute Gasteiger partial charge is 0.481 e. The first kappa shape index (κ1) is 22.4. The predicted octanol–water partition coefficient (Wildman–Crippen LogP) is 4.02. The van der Waals surface area contributed by atoms with E-state index in [1.807, 2.05) is 24.3 Å². The van der Waals surface area contributed by atoms with Gasteiger partial charge in [0.15, 0.2) is 0 Å². The van der Waals surface area contributed by atoms with E-state index in [-0.39, 0.29) is 42.4 Å². The Morgan fingerprint density at radius 2 is 1.56 bits per heavy atom. The third-order valence-corrected chi connectivity index (χ3v) is 7.81. The highest BCUT2D eigenvalue weighted by molar-refractivity contribution is 5.81. The summed E-state index contributed by atoms with van der Waals surface area (Å²) < 4.78 is 5.64. The monoisotopic (exact) mass is 462 g/mol. The van der Waals surface area contributed by atoms with Crippen LogP contribution in [0.4, 0.5) is 4.79 Å². The molecule has 2 saturated carbocycles. The molecule has 34 heavy (non-hydrogen) atoms. The first-order chi connectivity index (χ1) is 16.4. The van der Waals surface area contributed by atoms with Crippen molar-refractivity contribution in [3.63, 3.8) is 0 Å². The molecule has 2 atom stereocenters. The van der Waals surface area contributed by atoms with E-state index < -0.39 is 12.1 Å². The lowest BCUT2D eigenvalue weighted by Crippen LogP contribution is -2.49. The van der Waals surface area contributed by atoms with Gasteiger partial charge in [0.1, 0.15) is 6.61 Å². The molecule has 0 aliphatic heterocycles. The fourth-order valence-corrected chi connectivity index (χ4v) is 5.72. The summed E-state index contributed by atoms with van der Waals surface area (Å²) in [6.07, 6.45) is 2.63. The summed E-state index contributed by atoms with van der Waals surface area (Å²) in [5.41, 5.74) is 4.73. The molecule has 0 unspecified atom stereocenters. The van der Waals surface area contributed by atoms with Crippen molar-refractivity contribution in [2.24, 2.45) is 11.8 Å². The fourth-order valence-electron chi connectivity index (χ4n) is 5.72. The molecule has 0 aromatic heterocycles. The number of alkyl carbamates (subject to hydrolysis) is 1. The summed E-state index contributed by atoms with van der Waals surface area (Å²) in [5.74, 6) is -1.21. The molecule has 2 fully saturated rings. The molecule has 7 heteroatoms. The van der Waals surface area contributed by atoms with E-state index >= 15 is 0 Å². The molecule has 2 aromatic rings. The number of amides is 2. The normalized spacial score (nSPS) is 25.1. The third kappa shape index (κ3) is 4.15. The first-order valence-electron chi connectivity index (χ1n) is 12.0. The zero-order valence-corrected chi connectivity index (χ0v) is 19.3. The molecule has 0 radical (unpaired) electrons. The highest BCUT2D eigenvalue weighted by Gasteiger charge is 2.41. The summed E-state index contributed by atoms with van der Waals surface area (Å²) >= 11 is 0. The molecule has 0 heterocycles. The van der Waals surface area contributed by atoms with E-state index in [0.717, 1.165) is 6.42 Å². The molecule has 3 aliphatic rings. The van der Waals surface area contributed by atoms with Crippen LogP contribution in [0.5, 0.6) is 0 Å². The topological polar surface area (TPSA) is 95.9 Å². The molecule has 178 valence electrons. The Kier molecular flexibility index (Phi) is 6.02. The lowest BCUT2D eigenvalue weighted by molar-refractivity contribution is -0.151. The second-order valence-electron chi connectivity index (χ2n) is 9.79. The summed E-state index contributed by atoms with van der Waals surface area (Å²) in [4.78, 5) is 38.2. The zero-order valence-electron chi connectivity index (χ0n) is 19.3. The van der Waals surface area contributed by atoms with Crippen LogP contribution in [0.3, 0.4) is 0 Å². The second-order valence-corrected chi connectivity index (χ2v) is 9.79. The van der Waals surface area contributed by atoms with Crippen molar-refractivity contribution in [2.75, 3.05) is 13.7 Å². The number of carbonyl (C=O) groups is 3. The fraction of sp³-hybridized carbons (Fsp3) is 0.444. The zero-order chi connectivity index (χ0) is 23.8. The van der Waals surface area contributed by atoms with E-state index in [2.05, 4.69) is 29.6 Å². The Morgan fingerprint density at radius 3 is 2.18 bits per heavy atom. The smallest absolute Gasteiger partial charge is 0.407 e. The average Bonchev–Trinajstić information content (AvgIpc) is 3.38. The van der Waals surface area contributed by atoms with Crippen molar-refractivity contribution < 1.29 is 24.2 Å². The van der Waals surface area contributed by atoms with Crippen LogP contribution in [0.1, 0.15) is 49.1 Å². The number of nitrogens with one attached hydrogen (secondary N) is 1. The van der Waals surface area contributed by atoms with Gasteiger partial charge in [-0.3, -0.25) is 9.59 Å². The van der Waals surface area contributed by atoms with E-state index in [0.29, 0.717) is 25.7 Å². The van der Waals surface area contributed by atoms with Crippen LogP contribution in [-0.2, 0) is 14.3 Å². The lowest BCUT2D eigenvalue weighted by Gasteiger charge is -2.40. The molecule has 2 amide bonds. The van der Waals surface area contributed by atoms with Crippen molar-refractivity contribution in [3.8, 4) is 11.1 Å². The third-order valence-electron chi connectivity index (χ3n) is 7.81. The van der Waals surface area contributed by atoms with Crippen molar-refractivity contribution in [2.45, 2.75) is 50.1 Å². The Bertz CT molecular complexity index is 1060. The molecule has 0 saturated heterocycles. The van der Waals surface area contributed by atoms with E-state index in [4.69, 9.17) is 9.84 Å². The number of carbonyl (C=O) groups excluding carboxylic acids is 2. The van der Waals surface area contributed by atoms with Gasteiger partial charge in [0, 0.05) is 31.0 Å². The maximum atomic E-state index is 12.9. The van der Waals surface area contributed by atoms with Crippen molar-refractivity contribution in [1.29, 1.82) is 0 Å². The molecular formula is C27H30N2O5. The van der Waals surface area contributed by atoms with Crippen molar-refractivity contribution in [1.82, 2.24) is 10.2 Å². The van der Waals surface area contributed by atoms with Crippen molar-refractivity contribution >= 4 is 18.0 Å². The highest BCUT2D eigenvalue weighted by atomic mass is 16.5. The van der Waals surface area contributed by atoms with Gasteiger partial charge < -0.3 is 20.1 Å². The first-order valence-corrected chi connectivity index (χ1v) is 12.0. The SMILES string of the molecule is CN(C(=O)[C@@H]1CC[C@H](NC(=O)OCC2c3ccccc3-c3ccccc32)C1)C1CC(C(=O)O)C1. The van der Waals surface area contributed by atoms with Gasteiger partial charge in [-0.1, -0.05) is 48.5 Å². The molecule has 2 N–H and O–H groups in total. The van der Waals surface area contributed by atoms with Crippen LogP contribution in [0, 0.1) is 11.8 Å². The summed E-state index contributed by atoms with van der Waals surface area (Å²) in [6.45, 7) is 0.268. The van der Waals surface area contributed by atoms with Gasteiger partial charge in [0.2, 0.25) is 5.91 Å². The van der Waals surface area contributed by atoms with Crippen LogP contribution in [0.2, 0.25) is 0 Å². The molecule has 3 aliphatic carbocycles. The number of hydrogen-bond donors (Lipinski definition) is 2. The highest BCUT2D eigenvalue weighted by Crippen LogP contribution is 2.44. The van der Waals surface area contributed by atoms with Gasteiger partial charge in [-0.25, -0.2) is 4.79 Å². The van der Waals surface area contributed by atoms with Gasteiger partial charge in [-0.15, -0.1) is 0 Å². The van der Waals surface area contributed by atoms with Crippen molar-refractivity contribution in [3.05, 3.63) is 59.7 Å². The number of hydrogen-bond acceptors (Lipinski definition) is 4. The van der Waals surface area contributed by atoms with E-state index in [9.17, 15) is 14.4 Å². The van der Waals surface area contributed by atoms with Gasteiger partial charge in [0.25, 0.3) is 0 Å². The molecule has 5 rings (SSSR count). The Hall–Kier alpha value is -3.35.